The molecule has 3 rings (SSSR count). The van der Waals surface area contributed by atoms with Crippen molar-refractivity contribution in [1.82, 2.24) is 4.90 Å². The van der Waals surface area contributed by atoms with Crippen molar-refractivity contribution in [2.24, 2.45) is 0 Å². The number of hydrogen-bond acceptors (Lipinski definition) is 3. The normalized spacial score (nSPS) is 24.5. The minimum absolute atomic E-state index is 0.144. The molecular weight excluding hydrogens is 266 g/mol. The Hall–Kier alpha value is -1.55. The quantitative estimate of drug-likeness (QED) is 0.905. The van der Waals surface area contributed by atoms with Crippen LogP contribution in [0.15, 0.2) is 24.3 Å². The highest BCUT2D eigenvalue weighted by Crippen LogP contribution is 2.51. The summed E-state index contributed by atoms with van der Waals surface area (Å²) in [5, 5.41) is 9.07. The molecule has 1 aromatic carbocycles. The summed E-state index contributed by atoms with van der Waals surface area (Å²) < 4.78 is 6.11. The Balaban J connectivity index is 1.70. The first-order valence-corrected chi connectivity index (χ1v) is 7.75. The van der Waals surface area contributed by atoms with Crippen LogP contribution in [0.3, 0.4) is 0 Å². The number of carboxylic acids is 1. The van der Waals surface area contributed by atoms with Gasteiger partial charge in [0.1, 0.15) is 11.9 Å². The van der Waals surface area contributed by atoms with E-state index >= 15 is 0 Å². The second-order valence-electron chi connectivity index (χ2n) is 6.52. The molecule has 4 nitrogen and oxygen atoms in total. The highest BCUT2D eigenvalue weighted by molar-refractivity contribution is 5.70. The maximum absolute atomic E-state index is 11.0. The molecule has 2 fully saturated rings. The van der Waals surface area contributed by atoms with Crippen molar-refractivity contribution < 1.29 is 14.6 Å². The molecule has 1 aromatic rings. The standard InChI is InChI=1S/C17H23NO3/c1-18-9-3-6-15(12-18)21-14-5-2-4-13(10-14)17(7-8-17)11-16(19)20/h2,4-5,10,15H,3,6-9,11-12H2,1H3,(H,19,20). The van der Waals surface area contributed by atoms with Gasteiger partial charge in [-0.25, -0.2) is 0 Å². The van der Waals surface area contributed by atoms with E-state index in [9.17, 15) is 4.79 Å². The smallest absolute Gasteiger partial charge is 0.304 e. The zero-order valence-electron chi connectivity index (χ0n) is 12.5. The molecule has 1 heterocycles. The first kappa shape index (κ1) is 14.4. The molecule has 0 spiro atoms. The third-order valence-electron chi connectivity index (χ3n) is 4.67. The predicted molar refractivity (Wildman–Crippen MR) is 80.8 cm³/mol. The van der Waals surface area contributed by atoms with E-state index in [1.165, 1.54) is 6.42 Å². The van der Waals surface area contributed by atoms with Crippen LogP contribution in [0.25, 0.3) is 0 Å². The molecule has 0 amide bonds. The molecule has 1 atom stereocenters. The predicted octanol–water partition coefficient (Wildman–Crippen LogP) is 2.67. The lowest BCUT2D eigenvalue weighted by Gasteiger charge is -2.30. The van der Waals surface area contributed by atoms with Crippen LogP contribution in [0.5, 0.6) is 5.75 Å². The van der Waals surface area contributed by atoms with Crippen LogP contribution in [-0.4, -0.2) is 42.2 Å². The Labute approximate surface area is 125 Å². The van der Waals surface area contributed by atoms with E-state index in [0.29, 0.717) is 0 Å². The number of aliphatic carboxylic acids is 1. The summed E-state index contributed by atoms with van der Waals surface area (Å²) in [6.45, 7) is 2.10. The average molecular weight is 289 g/mol. The molecule has 1 aliphatic carbocycles. The van der Waals surface area contributed by atoms with E-state index in [1.54, 1.807) is 0 Å². The number of likely N-dealkylation sites (N-methyl/N-ethyl adjacent to an activating group) is 1. The summed E-state index contributed by atoms with van der Waals surface area (Å²) in [5.41, 5.74) is 0.973. The number of carboxylic acid groups (broad SMARTS) is 1. The second kappa shape index (κ2) is 5.68. The van der Waals surface area contributed by atoms with Gasteiger partial charge in [-0.3, -0.25) is 4.79 Å². The van der Waals surface area contributed by atoms with Gasteiger partial charge < -0.3 is 14.7 Å². The van der Waals surface area contributed by atoms with Crippen LogP contribution in [0.4, 0.5) is 0 Å². The van der Waals surface area contributed by atoms with E-state index in [-0.39, 0.29) is 17.9 Å². The summed E-state index contributed by atoms with van der Waals surface area (Å²) >= 11 is 0. The number of likely N-dealkylation sites (tertiary alicyclic amines) is 1. The lowest BCUT2D eigenvalue weighted by atomic mass is 9.92. The fraction of sp³-hybridized carbons (Fsp3) is 0.588. The second-order valence-corrected chi connectivity index (χ2v) is 6.52. The van der Waals surface area contributed by atoms with E-state index in [2.05, 4.69) is 11.9 Å². The number of ether oxygens (including phenoxy) is 1. The summed E-state index contributed by atoms with van der Waals surface area (Å²) in [6, 6.07) is 8.05. The van der Waals surface area contributed by atoms with Gasteiger partial charge in [0, 0.05) is 12.0 Å². The van der Waals surface area contributed by atoms with Crippen molar-refractivity contribution in [1.29, 1.82) is 0 Å². The van der Waals surface area contributed by atoms with Gasteiger partial charge in [0.2, 0.25) is 0 Å². The van der Waals surface area contributed by atoms with Gasteiger partial charge >= 0.3 is 5.97 Å². The van der Waals surface area contributed by atoms with Crippen LogP contribution in [0, 0.1) is 0 Å². The molecule has 0 bridgehead atoms. The summed E-state index contributed by atoms with van der Waals surface area (Å²) in [4.78, 5) is 13.3. The van der Waals surface area contributed by atoms with Crippen molar-refractivity contribution in [2.75, 3.05) is 20.1 Å². The fourth-order valence-electron chi connectivity index (χ4n) is 3.31. The lowest BCUT2D eigenvalue weighted by molar-refractivity contribution is -0.137. The number of rotatable bonds is 5. The number of nitrogens with zero attached hydrogens (tertiary/aromatic N) is 1. The van der Waals surface area contributed by atoms with Crippen molar-refractivity contribution >= 4 is 5.97 Å². The molecule has 0 radical (unpaired) electrons. The topological polar surface area (TPSA) is 49.8 Å². The lowest BCUT2D eigenvalue weighted by Crippen LogP contribution is -2.38. The van der Waals surface area contributed by atoms with Gasteiger partial charge in [-0.15, -0.1) is 0 Å². The molecule has 0 aromatic heterocycles. The monoisotopic (exact) mass is 289 g/mol. The van der Waals surface area contributed by atoms with E-state index < -0.39 is 5.97 Å². The number of piperidine rings is 1. The van der Waals surface area contributed by atoms with Gasteiger partial charge in [0.25, 0.3) is 0 Å². The van der Waals surface area contributed by atoms with Crippen LogP contribution in [0.2, 0.25) is 0 Å². The first-order valence-electron chi connectivity index (χ1n) is 7.75. The zero-order chi connectivity index (χ0) is 14.9. The van der Waals surface area contributed by atoms with E-state index in [0.717, 1.165) is 43.7 Å². The molecule has 2 aliphatic rings. The Morgan fingerprint density at radius 3 is 2.95 bits per heavy atom. The summed E-state index contributed by atoms with van der Waals surface area (Å²) in [7, 11) is 2.12. The minimum Gasteiger partial charge on any atom is -0.489 e. The molecule has 1 saturated heterocycles. The Kier molecular flexibility index (Phi) is 3.89. The molecule has 1 unspecified atom stereocenters. The molecular formula is C17H23NO3. The van der Waals surface area contributed by atoms with Gasteiger partial charge in [-0.1, -0.05) is 12.1 Å². The van der Waals surface area contributed by atoms with Crippen molar-refractivity contribution in [2.45, 2.75) is 43.6 Å². The molecule has 1 saturated carbocycles. The van der Waals surface area contributed by atoms with Crippen molar-refractivity contribution in [3.63, 3.8) is 0 Å². The Morgan fingerprint density at radius 1 is 1.48 bits per heavy atom. The number of hydrogen-bond donors (Lipinski definition) is 1. The van der Waals surface area contributed by atoms with E-state index in [1.807, 2.05) is 24.3 Å². The average Bonchev–Trinajstić information content (AvgIpc) is 3.19. The first-order chi connectivity index (χ1) is 10.1. The summed E-state index contributed by atoms with van der Waals surface area (Å²) in [6.07, 6.45) is 4.67. The van der Waals surface area contributed by atoms with Gasteiger partial charge in [-0.2, -0.15) is 0 Å². The van der Waals surface area contributed by atoms with Crippen LogP contribution < -0.4 is 4.74 Å². The SMILES string of the molecule is CN1CCCC(Oc2cccc(C3(CC(=O)O)CC3)c2)C1. The van der Waals surface area contributed by atoms with Crippen LogP contribution in [-0.2, 0) is 10.2 Å². The molecule has 1 N–H and O–H groups in total. The zero-order valence-corrected chi connectivity index (χ0v) is 12.5. The van der Waals surface area contributed by atoms with Crippen LogP contribution >= 0.6 is 0 Å². The highest BCUT2D eigenvalue weighted by atomic mass is 16.5. The largest absolute Gasteiger partial charge is 0.489 e. The van der Waals surface area contributed by atoms with Crippen molar-refractivity contribution in [3.05, 3.63) is 29.8 Å². The van der Waals surface area contributed by atoms with Gasteiger partial charge in [-0.05, 0) is 57.0 Å². The third-order valence-corrected chi connectivity index (χ3v) is 4.67. The Morgan fingerprint density at radius 2 is 2.29 bits per heavy atom. The fourth-order valence-corrected chi connectivity index (χ4v) is 3.31. The van der Waals surface area contributed by atoms with E-state index in [4.69, 9.17) is 9.84 Å². The van der Waals surface area contributed by atoms with Crippen molar-refractivity contribution in [3.8, 4) is 5.75 Å². The van der Waals surface area contributed by atoms with Gasteiger partial charge in [0.05, 0.1) is 6.42 Å². The van der Waals surface area contributed by atoms with Gasteiger partial charge in [0.15, 0.2) is 0 Å². The summed E-state index contributed by atoms with van der Waals surface area (Å²) in [5.74, 6) is 0.164. The molecule has 4 heteroatoms. The highest BCUT2D eigenvalue weighted by Gasteiger charge is 2.46. The number of carbonyl (C=O) groups is 1. The number of benzene rings is 1. The maximum Gasteiger partial charge on any atom is 0.304 e. The Bertz CT molecular complexity index is 525. The molecule has 1 aliphatic heterocycles. The maximum atomic E-state index is 11.0. The van der Waals surface area contributed by atoms with Crippen LogP contribution in [0.1, 0.15) is 37.7 Å². The molecule has 114 valence electrons. The molecule has 21 heavy (non-hydrogen) atoms. The minimum atomic E-state index is -0.715. The third kappa shape index (κ3) is 3.38.